The van der Waals surface area contributed by atoms with Gasteiger partial charge < -0.3 is 10.2 Å². The Morgan fingerprint density at radius 1 is 1.00 bits per heavy atom. The van der Waals surface area contributed by atoms with Crippen molar-refractivity contribution in [2.75, 3.05) is 0 Å². The summed E-state index contributed by atoms with van der Waals surface area (Å²) in [5, 5.41) is 21.3. The number of aromatic nitrogens is 1. The Balaban J connectivity index is 2.34. The van der Waals surface area contributed by atoms with Gasteiger partial charge in [0.1, 0.15) is 0 Å². The third-order valence-electron chi connectivity index (χ3n) is 3.50. The van der Waals surface area contributed by atoms with Crippen LogP contribution in [0.1, 0.15) is 17.5 Å². The molecule has 3 rings (SSSR count). The summed E-state index contributed by atoms with van der Waals surface area (Å²) in [7, 11) is 0. The van der Waals surface area contributed by atoms with Crippen molar-refractivity contribution < 1.29 is 10.2 Å². The second-order valence-corrected chi connectivity index (χ2v) is 5.33. The molecule has 0 amide bonds. The van der Waals surface area contributed by atoms with Crippen molar-refractivity contribution in [1.82, 2.24) is 4.98 Å². The first-order chi connectivity index (χ1) is 10.1. The second-order valence-electron chi connectivity index (χ2n) is 4.92. The molecule has 0 aliphatic carbocycles. The van der Waals surface area contributed by atoms with Gasteiger partial charge in [-0.3, -0.25) is 0 Å². The van der Waals surface area contributed by atoms with Crippen molar-refractivity contribution in [3.63, 3.8) is 0 Å². The molecule has 21 heavy (non-hydrogen) atoms. The molecule has 0 radical (unpaired) electrons. The van der Waals surface area contributed by atoms with Gasteiger partial charge in [-0.2, -0.15) is 0 Å². The van der Waals surface area contributed by atoms with Crippen molar-refractivity contribution in [2.45, 2.75) is 13.2 Å². The average Bonchev–Trinajstić information content (AvgIpc) is 2.48. The van der Waals surface area contributed by atoms with E-state index in [1.165, 1.54) is 0 Å². The number of aliphatic hydroxyl groups excluding tert-OH is 1. The fourth-order valence-electron chi connectivity index (χ4n) is 2.43. The van der Waals surface area contributed by atoms with Crippen LogP contribution < -0.4 is 0 Å². The van der Waals surface area contributed by atoms with E-state index in [0.29, 0.717) is 10.7 Å². The lowest BCUT2D eigenvalue weighted by atomic mass is 9.99. The Morgan fingerprint density at radius 2 is 1.76 bits per heavy atom. The summed E-state index contributed by atoms with van der Waals surface area (Å²) >= 11 is 6.38. The van der Waals surface area contributed by atoms with Crippen LogP contribution in [0.4, 0.5) is 0 Å². The lowest BCUT2D eigenvalue weighted by molar-refractivity contribution is -0.0457. The molecule has 0 aliphatic rings. The highest BCUT2D eigenvalue weighted by atomic mass is 35.5. The monoisotopic (exact) mass is 299 g/mol. The highest BCUT2D eigenvalue weighted by Gasteiger charge is 2.14. The van der Waals surface area contributed by atoms with Crippen LogP contribution in [0.15, 0.2) is 48.5 Å². The summed E-state index contributed by atoms with van der Waals surface area (Å²) in [6.07, 6.45) is -1.60. The molecular formula is C17H14ClNO2. The third kappa shape index (κ3) is 2.51. The highest BCUT2D eigenvalue weighted by Crippen LogP contribution is 2.36. The average molecular weight is 300 g/mol. The van der Waals surface area contributed by atoms with Gasteiger partial charge in [0.05, 0.1) is 16.4 Å². The molecule has 0 unspecified atom stereocenters. The van der Waals surface area contributed by atoms with Gasteiger partial charge in [0.15, 0.2) is 6.29 Å². The molecule has 0 atom stereocenters. The van der Waals surface area contributed by atoms with Gasteiger partial charge in [-0.05, 0) is 35.4 Å². The minimum absolute atomic E-state index is 0.208. The number of halogens is 1. The maximum absolute atomic E-state index is 9.33. The van der Waals surface area contributed by atoms with Crippen molar-refractivity contribution in [3.05, 3.63) is 64.8 Å². The summed E-state index contributed by atoms with van der Waals surface area (Å²) in [4.78, 5) is 4.37. The summed E-state index contributed by atoms with van der Waals surface area (Å²) in [5.74, 6) is 0. The molecule has 2 aromatic carbocycles. The SMILES string of the molecule is Cc1ccc(C(O)O)nc1-c1c(Cl)ccc2ccccc12. The van der Waals surface area contributed by atoms with Crippen LogP contribution in [0, 0.1) is 6.92 Å². The number of fused-ring (bicyclic) bond motifs is 1. The maximum Gasteiger partial charge on any atom is 0.196 e. The molecule has 0 saturated heterocycles. The Morgan fingerprint density at radius 3 is 2.52 bits per heavy atom. The predicted octanol–water partition coefficient (Wildman–Crippen LogP) is 3.85. The number of hydrogen-bond acceptors (Lipinski definition) is 3. The predicted molar refractivity (Wildman–Crippen MR) is 84.1 cm³/mol. The third-order valence-corrected chi connectivity index (χ3v) is 3.81. The lowest BCUT2D eigenvalue weighted by Crippen LogP contribution is -2.01. The molecule has 3 nitrogen and oxygen atoms in total. The highest BCUT2D eigenvalue weighted by molar-refractivity contribution is 6.35. The fraction of sp³-hybridized carbons (Fsp3) is 0.118. The van der Waals surface area contributed by atoms with Gasteiger partial charge in [0, 0.05) is 5.56 Å². The molecule has 106 valence electrons. The van der Waals surface area contributed by atoms with Gasteiger partial charge in [-0.25, -0.2) is 4.98 Å². The van der Waals surface area contributed by atoms with Crippen LogP contribution in [0.25, 0.3) is 22.0 Å². The number of benzene rings is 2. The summed E-state index contributed by atoms with van der Waals surface area (Å²) in [6.45, 7) is 1.92. The maximum atomic E-state index is 9.33. The number of hydrogen-bond donors (Lipinski definition) is 2. The molecule has 2 N–H and O–H groups in total. The first-order valence-electron chi connectivity index (χ1n) is 6.59. The van der Waals surface area contributed by atoms with E-state index in [2.05, 4.69) is 4.98 Å². The number of aliphatic hydroxyl groups is 2. The molecule has 4 heteroatoms. The van der Waals surface area contributed by atoms with Gasteiger partial charge >= 0.3 is 0 Å². The van der Waals surface area contributed by atoms with Crippen LogP contribution >= 0.6 is 11.6 Å². The zero-order valence-electron chi connectivity index (χ0n) is 11.4. The zero-order valence-corrected chi connectivity index (χ0v) is 12.2. The van der Waals surface area contributed by atoms with E-state index in [0.717, 1.165) is 21.9 Å². The lowest BCUT2D eigenvalue weighted by Gasteiger charge is -2.13. The Bertz CT molecular complexity index is 815. The van der Waals surface area contributed by atoms with Crippen molar-refractivity contribution >= 4 is 22.4 Å². The quantitative estimate of drug-likeness (QED) is 0.707. The van der Waals surface area contributed by atoms with Crippen LogP contribution in [0.2, 0.25) is 5.02 Å². The largest absolute Gasteiger partial charge is 0.363 e. The number of aryl methyl sites for hydroxylation is 1. The zero-order chi connectivity index (χ0) is 15.0. The molecule has 0 aliphatic heterocycles. The van der Waals surface area contributed by atoms with Crippen molar-refractivity contribution in [1.29, 1.82) is 0 Å². The van der Waals surface area contributed by atoms with Gasteiger partial charge in [-0.1, -0.05) is 48.0 Å². The van der Waals surface area contributed by atoms with Crippen LogP contribution in [0.3, 0.4) is 0 Å². The fourth-order valence-corrected chi connectivity index (χ4v) is 2.68. The van der Waals surface area contributed by atoms with Gasteiger partial charge in [-0.15, -0.1) is 0 Å². The summed E-state index contributed by atoms with van der Waals surface area (Å²) < 4.78 is 0. The molecule has 0 spiro atoms. The van der Waals surface area contributed by atoms with E-state index in [4.69, 9.17) is 11.6 Å². The van der Waals surface area contributed by atoms with E-state index in [-0.39, 0.29) is 5.69 Å². The van der Waals surface area contributed by atoms with Crippen molar-refractivity contribution in [2.24, 2.45) is 0 Å². The van der Waals surface area contributed by atoms with E-state index in [1.54, 1.807) is 6.07 Å². The smallest absolute Gasteiger partial charge is 0.196 e. The second kappa shape index (κ2) is 5.45. The molecule has 3 aromatic rings. The van der Waals surface area contributed by atoms with E-state index < -0.39 is 6.29 Å². The van der Waals surface area contributed by atoms with E-state index >= 15 is 0 Å². The molecule has 0 fully saturated rings. The van der Waals surface area contributed by atoms with E-state index in [1.807, 2.05) is 49.4 Å². The minimum atomic E-state index is -1.60. The van der Waals surface area contributed by atoms with Gasteiger partial charge in [0.25, 0.3) is 0 Å². The summed E-state index contributed by atoms with van der Waals surface area (Å²) in [5.41, 5.74) is 2.62. The standard InChI is InChI=1S/C17H14ClNO2/c1-10-6-9-14(17(20)21)19-16(10)15-12-5-3-2-4-11(12)7-8-13(15)18/h2-9,17,20-21H,1H3. The Labute approximate surface area is 127 Å². The van der Waals surface area contributed by atoms with Crippen LogP contribution in [-0.4, -0.2) is 15.2 Å². The Kier molecular flexibility index (Phi) is 3.64. The van der Waals surface area contributed by atoms with Gasteiger partial charge in [0.2, 0.25) is 0 Å². The molecule has 1 aromatic heterocycles. The molecular weight excluding hydrogens is 286 g/mol. The number of rotatable bonds is 2. The van der Waals surface area contributed by atoms with Crippen LogP contribution in [-0.2, 0) is 0 Å². The van der Waals surface area contributed by atoms with Crippen molar-refractivity contribution in [3.8, 4) is 11.3 Å². The Hall–Kier alpha value is -1.94. The first-order valence-corrected chi connectivity index (χ1v) is 6.97. The first kappa shape index (κ1) is 14.0. The van der Waals surface area contributed by atoms with Crippen LogP contribution in [0.5, 0.6) is 0 Å². The normalized spacial score (nSPS) is 11.3. The minimum Gasteiger partial charge on any atom is -0.363 e. The molecule has 0 saturated carbocycles. The number of nitrogens with zero attached hydrogens (tertiary/aromatic N) is 1. The molecule has 0 bridgehead atoms. The topological polar surface area (TPSA) is 53.4 Å². The molecule has 1 heterocycles. The summed E-state index contributed by atoms with van der Waals surface area (Å²) in [6, 6.07) is 15.1. The van der Waals surface area contributed by atoms with E-state index in [9.17, 15) is 10.2 Å². The number of pyridine rings is 1.